The molecule has 0 spiro atoms. The Labute approximate surface area is 221 Å². The van der Waals surface area contributed by atoms with Gasteiger partial charge in [-0.3, -0.25) is 19.3 Å². The molecule has 0 fully saturated rings. The Morgan fingerprint density at radius 1 is 1.11 bits per heavy atom. The molecule has 0 bridgehead atoms. The largest absolute Gasteiger partial charge is 0.510 e. The van der Waals surface area contributed by atoms with E-state index in [4.69, 9.17) is 5.73 Å². The summed E-state index contributed by atoms with van der Waals surface area (Å²) in [6.07, 6.45) is -0.00297. The van der Waals surface area contributed by atoms with E-state index in [0.29, 0.717) is 11.3 Å². The summed E-state index contributed by atoms with van der Waals surface area (Å²) in [5, 5.41) is 48.0. The Hall–Kier alpha value is -3.41. The van der Waals surface area contributed by atoms with Crippen LogP contribution in [0.4, 0.5) is 5.69 Å². The van der Waals surface area contributed by atoms with Crippen molar-refractivity contribution in [3.63, 3.8) is 0 Å². The first-order valence-corrected chi connectivity index (χ1v) is 12.4. The lowest BCUT2D eigenvalue weighted by Crippen LogP contribution is -2.79. The summed E-state index contributed by atoms with van der Waals surface area (Å²) in [7, 11) is 6.70. The van der Waals surface area contributed by atoms with Gasteiger partial charge in [0.25, 0.3) is 5.91 Å². The number of fused-ring (bicyclic) bond motifs is 3. The minimum atomic E-state index is -2.90. The third-order valence-electron chi connectivity index (χ3n) is 7.72. The van der Waals surface area contributed by atoms with Gasteiger partial charge in [-0.2, -0.15) is 0 Å². The van der Waals surface area contributed by atoms with Gasteiger partial charge in [0.15, 0.2) is 5.78 Å². The zero-order valence-electron chi connectivity index (χ0n) is 22.7. The fourth-order valence-corrected chi connectivity index (χ4v) is 6.25. The van der Waals surface area contributed by atoms with Crippen LogP contribution in [0.3, 0.4) is 0 Å². The second-order valence-electron chi connectivity index (χ2n) is 12.0. The van der Waals surface area contributed by atoms with Gasteiger partial charge < -0.3 is 36.4 Å². The molecule has 4 rings (SSSR count). The number of hydrogen-bond acceptors (Lipinski definition) is 10. The molecule has 1 aromatic carbocycles. The predicted octanol–water partition coefficient (Wildman–Crippen LogP) is 0.697. The second-order valence-corrected chi connectivity index (χ2v) is 12.0. The first-order chi connectivity index (χ1) is 17.4. The summed E-state index contributed by atoms with van der Waals surface area (Å²) in [5.41, 5.74) is 1.33. The molecule has 4 atom stereocenters. The number of anilines is 1. The lowest BCUT2D eigenvalue weighted by Gasteiger charge is -2.56. The van der Waals surface area contributed by atoms with Gasteiger partial charge >= 0.3 is 0 Å². The van der Waals surface area contributed by atoms with Crippen molar-refractivity contribution in [1.82, 2.24) is 10.2 Å². The normalized spacial score (nSPS) is 29.2. The number of likely N-dealkylation sites (N-methyl/N-ethyl adjacent to an activating group) is 1. The zero-order valence-corrected chi connectivity index (χ0v) is 22.7. The lowest BCUT2D eigenvalue weighted by atomic mass is 9.54. The molecule has 0 unspecified atom stereocenters. The van der Waals surface area contributed by atoms with Gasteiger partial charge in [0, 0.05) is 30.9 Å². The summed E-state index contributed by atoms with van der Waals surface area (Å²) < 4.78 is 0. The van der Waals surface area contributed by atoms with Crippen molar-refractivity contribution in [2.75, 3.05) is 33.1 Å². The molecule has 0 aliphatic heterocycles. The molecule has 0 heterocycles. The number of carbonyl (C=O) groups is 3. The number of amides is 1. The van der Waals surface area contributed by atoms with Crippen LogP contribution in [0.2, 0.25) is 0 Å². The molecule has 0 saturated heterocycles. The molecule has 3 aliphatic rings. The van der Waals surface area contributed by atoms with Crippen LogP contribution in [-0.4, -0.2) is 93.7 Å². The summed E-state index contributed by atoms with van der Waals surface area (Å²) >= 11 is 0. The van der Waals surface area contributed by atoms with Crippen LogP contribution < -0.4 is 16.0 Å². The number of nitrogens with two attached hydrogens (primary N) is 1. The molecule has 3 aliphatic carbocycles. The molecule has 7 N–H and O–H groups in total. The van der Waals surface area contributed by atoms with Crippen molar-refractivity contribution in [1.29, 1.82) is 0 Å². The molecule has 0 radical (unpaired) electrons. The van der Waals surface area contributed by atoms with Crippen LogP contribution in [0.1, 0.15) is 43.1 Å². The summed E-state index contributed by atoms with van der Waals surface area (Å²) in [6, 6.07) is 1.79. The van der Waals surface area contributed by atoms with Crippen LogP contribution in [0.15, 0.2) is 34.8 Å². The molecular weight excluding hydrogens is 492 g/mol. The van der Waals surface area contributed by atoms with E-state index in [0.717, 1.165) is 0 Å². The van der Waals surface area contributed by atoms with Crippen LogP contribution in [-0.2, 0) is 16.0 Å². The minimum absolute atomic E-state index is 0.0290. The van der Waals surface area contributed by atoms with E-state index in [2.05, 4.69) is 5.32 Å². The van der Waals surface area contributed by atoms with Crippen molar-refractivity contribution < 1.29 is 34.8 Å². The maximum Gasteiger partial charge on any atom is 0.258 e. The molecule has 11 nitrogen and oxygen atoms in total. The predicted molar refractivity (Wildman–Crippen MR) is 140 cm³/mol. The summed E-state index contributed by atoms with van der Waals surface area (Å²) in [5.74, 6) is -5.62. The number of phenols is 1. The molecular formula is C27H36N4O7. The number of aliphatic hydroxyl groups is 3. The molecule has 11 heteroatoms. The van der Waals surface area contributed by atoms with E-state index < -0.39 is 63.2 Å². The number of allylic oxidation sites excluding steroid dienone is 1. The fraction of sp³-hybridized carbons (Fsp3) is 0.519. The number of nitrogens with zero attached hydrogens (tertiary/aromatic N) is 2. The quantitative estimate of drug-likeness (QED) is 0.306. The Morgan fingerprint density at radius 3 is 2.24 bits per heavy atom. The van der Waals surface area contributed by atoms with Crippen LogP contribution in [0, 0.1) is 5.92 Å². The lowest BCUT2D eigenvalue weighted by molar-refractivity contribution is -0.152. The van der Waals surface area contributed by atoms with E-state index in [1.54, 1.807) is 59.9 Å². The number of phenolic OH excluding ortho intramolecular Hbond substituents is 1. The van der Waals surface area contributed by atoms with Gasteiger partial charge in [-0.15, -0.1) is 0 Å². The highest BCUT2D eigenvalue weighted by Gasteiger charge is 2.70. The number of aromatic hydroxyl groups is 1. The average molecular weight is 529 g/mol. The monoisotopic (exact) mass is 528 g/mol. The van der Waals surface area contributed by atoms with Crippen molar-refractivity contribution in [2.45, 2.75) is 56.3 Å². The minimum Gasteiger partial charge on any atom is -0.510 e. The average Bonchev–Trinajstić information content (AvgIpc) is 2.74. The van der Waals surface area contributed by atoms with Crippen molar-refractivity contribution in [2.24, 2.45) is 11.7 Å². The van der Waals surface area contributed by atoms with Crippen LogP contribution in [0.25, 0.3) is 0 Å². The maximum atomic E-state index is 13.9. The number of hydrogen-bond donors (Lipinski definition) is 6. The van der Waals surface area contributed by atoms with E-state index in [9.17, 15) is 34.8 Å². The number of carbonyl (C=O) groups excluding carboxylic acids is 3. The van der Waals surface area contributed by atoms with E-state index in [1.165, 1.54) is 11.0 Å². The molecule has 206 valence electrons. The molecule has 1 amide bonds. The highest BCUT2D eigenvalue weighted by molar-refractivity contribution is 6.26. The Kier molecular flexibility index (Phi) is 6.22. The number of aliphatic hydroxyl groups excluding tert-OH is 2. The summed E-state index contributed by atoms with van der Waals surface area (Å²) in [4.78, 5) is 44.0. The summed E-state index contributed by atoms with van der Waals surface area (Å²) in [6.45, 7) is 5.04. The number of benzene rings is 1. The number of nitrogens with one attached hydrogen (secondary N) is 1. The van der Waals surface area contributed by atoms with Crippen LogP contribution in [0.5, 0.6) is 5.75 Å². The first kappa shape index (κ1) is 27.6. The van der Waals surface area contributed by atoms with E-state index in [-0.39, 0.29) is 29.7 Å². The van der Waals surface area contributed by atoms with Crippen molar-refractivity contribution >= 4 is 23.2 Å². The number of ketones is 2. The Balaban J connectivity index is 1.99. The topological polar surface area (TPSA) is 177 Å². The zero-order chi connectivity index (χ0) is 28.7. The standard InChI is InChI=1S/C27H36N4O7/c1-25(2,3)29-24(37)18-20(34)21(31(6)7)26(28)11-12-10-13-14(30(4)5)8-9-15(32)17(13)19(33)16(12)22(35)27(26,38)23(18)36/h8-9,12,21,32,34-35,38H,10-11,28H2,1-7H3,(H,29,37)/t12-,21+,26+,27-/m0/s1. The van der Waals surface area contributed by atoms with Gasteiger partial charge in [0.05, 0.1) is 17.1 Å². The van der Waals surface area contributed by atoms with Crippen molar-refractivity contribution in [3.8, 4) is 5.75 Å². The third-order valence-corrected chi connectivity index (χ3v) is 7.72. The SMILES string of the molecule is CN(C)c1ccc(O)c2c1C[C@H]1C[C@@]3(N)[C@H](N(C)C)C(O)=C(C(=O)NC(C)(C)C)C(=O)[C@@]3(O)C(O)=C1C2=O. The van der Waals surface area contributed by atoms with E-state index in [1.807, 2.05) is 0 Å². The third kappa shape index (κ3) is 3.63. The van der Waals surface area contributed by atoms with Gasteiger partial charge in [-0.1, -0.05) is 0 Å². The first-order valence-electron chi connectivity index (χ1n) is 12.4. The van der Waals surface area contributed by atoms with Gasteiger partial charge in [0.2, 0.25) is 11.4 Å². The fourth-order valence-electron chi connectivity index (χ4n) is 6.25. The van der Waals surface area contributed by atoms with Gasteiger partial charge in [-0.25, -0.2) is 0 Å². The molecule has 0 aromatic heterocycles. The highest BCUT2D eigenvalue weighted by atomic mass is 16.4. The number of rotatable bonds is 3. The van der Waals surface area contributed by atoms with Crippen molar-refractivity contribution in [3.05, 3.63) is 45.9 Å². The van der Waals surface area contributed by atoms with Gasteiger partial charge in [0.1, 0.15) is 22.8 Å². The Morgan fingerprint density at radius 2 is 1.71 bits per heavy atom. The smallest absolute Gasteiger partial charge is 0.258 e. The molecule has 38 heavy (non-hydrogen) atoms. The van der Waals surface area contributed by atoms with Crippen LogP contribution >= 0.6 is 0 Å². The molecule has 1 aromatic rings. The molecule has 0 saturated carbocycles. The number of Topliss-reactive ketones (excluding diaryl/α,β-unsaturated/α-hetero) is 2. The highest BCUT2D eigenvalue weighted by Crippen LogP contribution is 2.54. The van der Waals surface area contributed by atoms with E-state index >= 15 is 0 Å². The van der Waals surface area contributed by atoms with Gasteiger partial charge in [-0.05, 0) is 71.3 Å². The Bertz CT molecular complexity index is 1320. The maximum absolute atomic E-state index is 13.9. The second kappa shape index (κ2) is 8.55.